The maximum absolute atomic E-state index is 4.93. The van der Waals surface area contributed by atoms with Crippen LogP contribution in [-0.4, -0.2) is 5.90 Å². The van der Waals surface area contributed by atoms with Crippen molar-refractivity contribution in [2.75, 3.05) is 0 Å². The number of aliphatic imine (C=N–C) groups is 1. The zero-order valence-corrected chi connectivity index (χ0v) is 8.21. The van der Waals surface area contributed by atoms with E-state index in [-0.39, 0.29) is 0 Å². The zero-order valence-electron chi connectivity index (χ0n) is 8.21. The third kappa shape index (κ3) is 6.89. The van der Waals surface area contributed by atoms with E-state index in [4.69, 9.17) is 4.74 Å². The van der Waals surface area contributed by atoms with Crippen LogP contribution in [0.15, 0.2) is 30.6 Å². The molecule has 0 unspecified atom stereocenters. The summed E-state index contributed by atoms with van der Waals surface area (Å²) in [6.45, 7) is 11.1. The van der Waals surface area contributed by atoms with Crippen LogP contribution in [0.2, 0.25) is 0 Å². The highest BCUT2D eigenvalue weighted by molar-refractivity contribution is 5.94. The first-order valence-corrected chi connectivity index (χ1v) is 4.15. The molecule has 2 nitrogen and oxygen atoms in total. The van der Waals surface area contributed by atoms with Gasteiger partial charge in [0.05, 0.1) is 6.26 Å². The van der Waals surface area contributed by atoms with E-state index >= 15 is 0 Å². The van der Waals surface area contributed by atoms with Crippen molar-refractivity contribution < 1.29 is 4.74 Å². The summed E-state index contributed by atoms with van der Waals surface area (Å²) in [4.78, 5) is 3.82. The number of rotatable bonds is 3. The molecule has 0 fully saturated rings. The van der Waals surface area contributed by atoms with E-state index in [2.05, 4.69) is 43.8 Å². The third-order valence-corrected chi connectivity index (χ3v) is 1.11. The van der Waals surface area contributed by atoms with E-state index in [1.165, 1.54) is 12.5 Å². The van der Waals surface area contributed by atoms with Crippen LogP contribution in [0.5, 0.6) is 0 Å². The molecule has 0 saturated heterocycles. The Morgan fingerprint density at radius 3 is 2.69 bits per heavy atom. The molecule has 0 aromatic carbocycles. The summed E-state index contributed by atoms with van der Waals surface area (Å²) in [5.41, 5.74) is 0. The molecule has 0 spiro atoms. The van der Waals surface area contributed by atoms with Crippen molar-refractivity contribution in [2.24, 2.45) is 10.9 Å². The highest BCUT2D eigenvalue weighted by atomic mass is 16.5. The molecular formula is C11H15NO. The topological polar surface area (TPSA) is 21.6 Å². The van der Waals surface area contributed by atoms with Gasteiger partial charge in [-0.3, -0.25) is 0 Å². The highest BCUT2D eigenvalue weighted by Crippen LogP contribution is 1.96. The molecule has 0 radical (unpaired) electrons. The molecule has 2 heteroatoms. The normalized spacial score (nSPS) is 10.2. The van der Waals surface area contributed by atoms with Gasteiger partial charge in [-0.1, -0.05) is 32.9 Å². The van der Waals surface area contributed by atoms with Crippen LogP contribution in [0.25, 0.3) is 0 Å². The van der Waals surface area contributed by atoms with Crippen LogP contribution in [0.3, 0.4) is 0 Å². The van der Waals surface area contributed by atoms with Crippen LogP contribution in [0.4, 0.5) is 0 Å². The molecular weight excluding hydrogens is 162 g/mol. The Labute approximate surface area is 80.0 Å². The lowest BCUT2D eigenvalue weighted by Gasteiger charge is -1.95. The first-order valence-electron chi connectivity index (χ1n) is 4.15. The van der Waals surface area contributed by atoms with Crippen molar-refractivity contribution in [2.45, 2.75) is 20.3 Å². The van der Waals surface area contributed by atoms with E-state index in [0.717, 1.165) is 6.42 Å². The summed E-state index contributed by atoms with van der Waals surface area (Å²) >= 11 is 0. The summed E-state index contributed by atoms with van der Waals surface area (Å²) in [6.07, 6.45) is 3.52. The average molecular weight is 177 g/mol. The van der Waals surface area contributed by atoms with Gasteiger partial charge in [-0.25, -0.2) is 4.99 Å². The average Bonchev–Trinajstić information content (AvgIpc) is 2.04. The van der Waals surface area contributed by atoms with Gasteiger partial charge in [-0.05, 0) is 11.8 Å². The first-order chi connectivity index (χ1) is 6.20. The van der Waals surface area contributed by atoms with Gasteiger partial charge >= 0.3 is 0 Å². The van der Waals surface area contributed by atoms with E-state index in [1.807, 2.05) is 0 Å². The summed E-state index contributed by atoms with van der Waals surface area (Å²) < 4.78 is 4.93. The summed E-state index contributed by atoms with van der Waals surface area (Å²) in [7, 11) is 0. The second-order valence-corrected chi connectivity index (χ2v) is 2.80. The Hall–Kier alpha value is -1.49. The molecule has 0 atom stereocenters. The van der Waals surface area contributed by atoms with Gasteiger partial charge in [0.25, 0.3) is 5.90 Å². The molecule has 13 heavy (non-hydrogen) atoms. The Kier molecular flexibility index (Phi) is 6.35. The van der Waals surface area contributed by atoms with Gasteiger partial charge in [-0.15, -0.1) is 0 Å². The summed E-state index contributed by atoms with van der Waals surface area (Å²) in [5, 5.41) is 0. The molecule has 0 aromatic rings. The minimum Gasteiger partial charge on any atom is -0.441 e. The standard InChI is InChI=1S/C11H15NO/c1-5-12-11(13-6-2)9-7-8-10(3)4/h5-6,10H,1-2,8H2,3-4H3/b12-11-. The van der Waals surface area contributed by atoms with Crippen LogP contribution in [0, 0.1) is 17.8 Å². The minimum absolute atomic E-state index is 0.339. The van der Waals surface area contributed by atoms with Crippen LogP contribution >= 0.6 is 0 Å². The maximum atomic E-state index is 4.93. The van der Waals surface area contributed by atoms with Gasteiger partial charge in [0.15, 0.2) is 0 Å². The molecule has 0 amide bonds. The molecule has 0 N–H and O–H groups in total. The van der Waals surface area contributed by atoms with Gasteiger partial charge in [-0.2, -0.15) is 0 Å². The largest absolute Gasteiger partial charge is 0.441 e. The molecule has 0 saturated carbocycles. The Morgan fingerprint density at radius 2 is 2.23 bits per heavy atom. The molecule has 0 aliphatic carbocycles. The minimum atomic E-state index is 0.339. The predicted molar refractivity (Wildman–Crippen MR) is 56.1 cm³/mol. The lowest BCUT2D eigenvalue weighted by molar-refractivity contribution is 0.481. The fourth-order valence-electron chi connectivity index (χ4n) is 0.585. The molecule has 70 valence electrons. The lowest BCUT2D eigenvalue weighted by Crippen LogP contribution is -1.95. The van der Waals surface area contributed by atoms with Crippen molar-refractivity contribution in [3.05, 3.63) is 25.6 Å². The van der Waals surface area contributed by atoms with Crippen LogP contribution in [0.1, 0.15) is 20.3 Å². The van der Waals surface area contributed by atoms with Gasteiger partial charge in [0, 0.05) is 12.6 Å². The fraction of sp³-hybridized carbons (Fsp3) is 0.364. The number of ether oxygens (including phenoxy) is 1. The second kappa shape index (κ2) is 7.17. The molecule has 0 heterocycles. The lowest BCUT2D eigenvalue weighted by atomic mass is 10.1. The number of nitrogens with zero attached hydrogens (tertiary/aromatic N) is 1. The number of hydrogen-bond acceptors (Lipinski definition) is 2. The smallest absolute Gasteiger partial charge is 0.272 e. The fourth-order valence-corrected chi connectivity index (χ4v) is 0.585. The van der Waals surface area contributed by atoms with Crippen molar-refractivity contribution >= 4 is 5.90 Å². The van der Waals surface area contributed by atoms with Gasteiger partial charge in [0.1, 0.15) is 0 Å². The zero-order chi connectivity index (χ0) is 10.1. The van der Waals surface area contributed by atoms with Gasteiger partial charge < -0.3 is 4.74 Å². The summed E-state index contributed by atoms with van der Waals surface area (Å²) in [6, 6.07) is 0. The molecule has 0 rings (SSSR count). The van der Waals surface area contributed by atoms with E-state index in [1.54, 1.807) is 0 Å². The first kappa shape index (κ1) is 11.5. The monoisotopic (exact) mass is 177 g/mol. The number of hydrogen-bond donors (Lipinski definition) is 0. The van der Waals surface area contributed by atoms with Crippen molar-refractivity contribution in [1.82, 2.24) is 0 Å². The molecule has 0 aromatic heterocycles. The molecule has 0 bridgehead atoms. The Bertz CT molecular complexity index is 253. The quantitative estimate of drug-likeness (QED) is 0.281. The van der Waals surface area contributed by atoms with E-state index in [0.29, 0.717) is 11.8 Å². The predicted octanol–water partition coefficient (Wildman–Crippen LogP) is 2.74. The maximum Gasteiger partial charge on any atom is 0.272 e. The Morgan fingerprint density at radius 1 is 1.54 bits per heavy atom. The highest BCUT2D eigenvalue weighted by Gasteiger charge is 1.90. The van der Waals surface area contributed by atoms with Crippen molar-refractivity contribution in [1.29, 1.82) is 0 Å². The molecule has 0 aliphatic rings. The van der Waals surface area contributed by atoms with Crippen LogP contribution < -0.4 is 0 Å². The van der Waals surface area contributed by atoms with Crippen LogP contribution in [-0.2, 0) is 4.74 Å². The molecule has 0 aliphatic heterocycles. The second-order valence-electron chi connectivity index (χ2n) is 2.80. The SMILES string of the molecule is C=C/N=C(/C#CCC(C)C)OC=C. The van der Waals surface area contributed by atoms with Crippen molar-refractivity contribution in [3.63, 3.8) is 0 Å². The van der Waals surface area contributed by atoms with Gasteiger partial charge in [0.2, 0.25) is 0 Å². The van der Waals surface area contributed by atoms with Crippen molar-refractivity contribution in [3.8, 4) is 11.8 Å². The van der Waals surface area contributed by atoms with E-state index < -0.39 is 0 Å². The third-order valence-electron chi connectivity index (χ3n) is 1.11. The van der Waals surface area contributed by atoms with E-state index in [9.17, 15) is 0 Å². The Balaban J connectivity index is 4.21. The summed E-state index contributed by atoms with van der Waals surface area (Å²) in [5.74, 6) is 6.64.